The van der Waals surface area contributed by atoms with Crippen molar-refractivity contribution < 1.29 is 19.1 Å². The van der Waals surface area contributed by atoms with Gasteiger partial charge in [0.15, 0.2) is 0 Å². The van der Waals surface area contributed by atoms with Crippen molar-refractivity contribution in [1.29, 1.82) is 0 Å². The highest BCUT2D eigenvalue weighted by atomic mass is 16.5. The van der Waals surface area contributed by atoms with E-state index in [1.54, 1.807) is 18.2 Å². The summed E-state index contributed by atoms with van der Waals surface area (Å²) in [5, 5.41) is 2.00. The quantitative estimate of drug-likeness (QED) is 0.223. The van der Waals surface area contributed by atoms with Crippen LogP contribution < -0.4 is 0 Å². The summed E-state index contributed by atoms with van der Waals surface area (Å²) >= 11 is 0. The van der Waals surface area contributed by atoms with E-state index in [1.165, 1.54) is 14.2 Å². The molecule has 0 saturated carbocycles. The number of aromatic nitrogens is 1. The molecule has 5 heteroatoms. The van der Waals surface area contributed by atoms with Crippen LogP contribution in [0, 0.1) is 0 Å². The van der Waals surface area contributed by atoms with Gasteiger partial charge < -0.3 is 14.0 Å². The SMILES string of the molecule is COC(=O)c1cccc(C(=O)OC)c1-n1c2ccc(-c3ccccc3)cc2c2cc(-c3ccccc3)ccc21. The minimum atomic E-state index is -0.535. The average Bonchev–Trinajstić information content (AvgIpc) is 3.33. The van der Waals surface area contributed by atoms with E-state index in [-0.39, 0.29) is 11.1 Å². The van der Waals surface area contributed by atoms with Gasteiger partial charge in [0.05, 0.1) is 42.1 Å². The van der Waals surface area contributed by atoms with Gasteiger partial charge >= 0.3 is 11.9 Å². The molecule has 0 spiro atoms. The minimum Gasteiger partial charge on any atom is -0.465 e. The Kier molecular flexibility index (Phi) is 6.17. The van der Waals surface area contributed by atoms with Crippen molar-refractivity contribution in [2.24, 2.45) is 0 Å². The molecule has 0 bridgehead atoms. The lowest BCUT2D eigenvalue weighted by Crippen LogP contribution is -2.14. The maximum Gasteiger partial charge on any atom is 0.340 e. The number of esters is 2. The van der Waals surface area contributed by atoms with Crippen LogP contribution in [-0.2, 0) is 9.47 Å². The first-order chi connectivity index (χ1) is 19.1. The summed E-state index contributed by atoms with van der Waals surface area (Å²) in [6.07, 6.45) is 0. The number of hydrogen-bond donors (Lipinski definition) is 0. The van der Waals surface area contributed by atoms with Gasteiger partial charge in [-0.05, 0) is 58.7 Å². The molecule has 0 unspecified atom stereocenters. The van der Waals surface area contributed by atoms with Gasteiger partial charge in [-0.25, -0.2) is 9.59 Å². The monoisotopic (exact) mass is 511 g/mol. The minimum absolute atomic E-state index is 0.276. The van der Waals surface area contributed by atoms with E-state index >= 15 is 0 Å². The van der Waals surface area contributed by atoms with Crippen LogP contribution in [0.3, 0.4) is 0 Å². The Balaban J connectivity index is 1.73. The van der Waals surface area contributed by atoms with Crippen molar-refractivity contribution in [3.63, 3.8) is 0 Å². The predicted octanol–water partition coefficient (Wildman–Crippen LogP) is 7.69. The van der Waals surface area contributed by atoms with Gasteiger partial charge in [-0.3, -0.25) is 0 Å². The molecule has 190 valence electrons. The van der Waals surface area contributed by atoms with Gasteiger partial charge in [0.25, 0.3) is 0 Å². The molecule has 0 amide bonds. The zero-order valence-electron chi connectivity index (χ0n) is 21.5. The number of carbonyl (C=O) groups excluding carboxylic acids is 2. The van der Waals surface area contributed by atoms with Gasteiger partial charge in [-0.1, -0.05) is 78.9 Å². The Morgan fingerprint density at radius 1 is 0.513 bits per heavy atom. The number of para-hydroxylation sites is 1. The molecule has 0 N–H and O–H groups in total. The molecular weight excluding hydrogens is 486 g/mol. The van der Waals surface area contributed by atoms with E-state index in [4.69, 9.17) is 9.47 Å². The topological polar surface area (TPSA) is 57.5 Å². The van der Waals surface area contributed by atoms with E-state index in [9.17, 15) is 9.59 Å². The third-order valence-electron chi connectivity index (χ3n) is 7.05. The first kappa shape index (κ1) is 24.2. The van der Waals surface area contributed by atoms with Crippen LogP contribution in [0.2, 0.25) is 0 Å². The fraction of sp³-hybridized carbons (Fsp3) is 0.0588. The number of methoxy groups -OCH3 is 2. The van der Waals surface area contributed by atoms with Crippen LogP contribution in [0.4, 0.5) is 0 Å². The lowest BCUT2D eigenvalue weighted by molar-refractivity contribution is 0.0599. The van der Waals surface area contributed by atoms with Gasteiger partial charge in [0.2, 0.25) is 0 Å². The van der Waals surface area contributed by atoms with Crippen molar-refractivity contribution in [3.8, 4) is 27.9 Å². The molecule has 6 aromatic rings. The fourth-order valence-corrected chi connectivity index (χ4v) is 5.22. The summed E-state index contributed by atoms with van der Waals surface area (Å²) in [5.74, 6) is -1.07. The first-order valence-electron chi connectivity index (χ1n) is 12.6. The zero-order chi connectivity index (χ0) is 26.9. The molecule has 39 heavy (non-hydrogen) atoms. The van der Waals surface area contributed by atoms with Gasteiger partial charge in [0.1, 0.15) is 0 Å². The lowest BCUT2D eigenvalue weighted by atomic mass is 10.0. The van der Waals surface area contributed by atoms with Gasteiger partial charge in [0, 0.05) is 10.8 Å². The molecular formula is C34H25NO4. The average molecular weight is 512 g/mol. The molecule has 1 heterocycles. The molecule has 0 aliphatic heterocycles. The summed E-state index contributed by atoms with van der Waals surface area (Å²) in [6.45, 7) is 0. The number of rotatable bonds is 5. The standard InChI is InChI=1S/C34H25NO4/c1-38-33(36)26-14-9-15-27(34(37)39-2)32(26)35-30-18-16-24(22-10-5-3-6-11-22)20-28(30)29-21-25(17-19-31(29)35)23-12-7-4-8-13-23/h3-21H,1-2H3. The second-order valence-electron chi connectivity index (χ2n) is 9.22. The van der Waals surface area contributed by atoms with E-state index in [0.717, 1.165) is 44.1 Å². The highest BCUT2D eigenvalue weighted by Gasteiger charge is 2.25. The molecule has 5 nitrogen and oxygen atoms in total. The largest absolute Gasteiger partial charge is 0.465 e. The van der Waals surface area contributed by atoms with Crippen LogP contribution in [0.1, 0.15) is 20.7 Å². The lowest BCUT2D eigenvalue weighted by Gasteiger charge is -2.16. The van der Waals surface area contributed by atoms with Gasteiger partial charge in [-0.15, -0.1) is 0 Å². The number of fused-ring (bicyclic) bond motifs is 3. The second-order valence-corrected chi connectivity index (χ2v) is 9.22. The fourth-order valence-electron chi connectivity index (χ4n) is 5.22. The van der Waals surface area contributed by atoms with E-state index in [1.807, 2.05) is 53.1 Å². The Morgan fingerprint density at radius 3 is 1.36 bits per heavy atom. The van der Waals surface area contributed by atoms with E-state index < -0.39 is 11.9 Å². The normalized spacial score (nSPS) is 11.0. The first-order valence-corrected chi connectivity index (χ1v) is 12.6. The second kappa shape index (κ2) is 9.95. The smallest absolute Gasteiger partial charge is 0.340 e. The third-order valence-corrected chi connectivity index (χ3v) is 7.05. The zero-order valence-corrected chi connectivity index (χ0v) is 21.5. The van der Waals surface area contributed by atoms with Crippen molar-refractivity contribution in [3.05, 3.63) is 126 Å². The van der Waals surface area contributed by atoms with E-state index in [0.29, 0.717) is 5.69 Å². The molecule has 0 aliphatic rings. The number of carbonyl (C=O) groups is 2. The summed E-state index contributed by atoms with van der Waals surface area (Å²) in [5.41, 5.74) is 7.04. The Labute approximate surface area is 225 Å². The predicted molar refractivity (Wildman–Crippen MR) is 154 cm³/mol. The van der Waals surface area contributed by atoms with Crippen LogP contribution in [0.15, 0.2) is 115 Å². The van der Waals surface area contributed by atoms with Gasteiger partial charge in [-0.2, -0.15) is 0 Å². The molecule has 6 rings (SSSR count). The summed E-state index contributed by atoms with van der Waals surface area (Å²) in [4.78, 5) is 25.9. The molecule has 0 atom stereocenters. The number of hydrogen-bond acceptors (Lipinski definition) is 4. The van der Waals surface area contributed by atoms with Crippen molar-refractivity contribution in [1.82, 2.24) is 4.57 Å². The van der Waals surface area contributed by atoms with Crippen LogP contribution >= 0.6 is 0 Å². The highest BCUT2D eigenvalue weighted by Crippen LogP contribution is 2.39. The maximum absolute atomic E-state index is 13.0. The molecule has 5 aromatic carbocycles. The summed E-state index contributed by atoms with van der Waals surface area (Å²) in [6, 6.07) is 37.9. The number of nitrogens with zero attached hydrogens (tertiary/aromatic N) is 1. The number of benzene rings is 5. The van der Waals surface area contributed by atoms with Crippen molar-refractivity contribution in [2.75, 3.05) is 14.2 Å². The highest BCUT2D eigenvalue weighted by molar-refractivity contribution is 6.13. The number of ether oxygens (including phenoxy) is 2. The maximum atomic E-state index is 13.0. The summed E-state index contributed by atoms with van der Waals surface area (Å²) in [7, 11) is 2.67. The van der Waals surface area contributed by atoms with Crippen molar-refractivity contribution >= 4 is 33.7 Å². The van der Waals surface area contributed by atoms with Crippen LogP contribution in [0.5, 0.6) is 0 Å². The van der Waals surface area contributed by atoms with Crippen LogP contribution in [-0.4, -0.2) is 30.7 Å². The Morgan fingerprint density at radius 2 is 0.949 bits per heavy atom. The molecule has 0 fully saturated rings. The third kappa shape index (κ3) is 4.14. The Hall–Kier alpha value is -5.16. The van der Waals surface area contributed by atoms with E-state index in [2.05, 4.69) is 48.5 Å². The molecule has 1 aromatic heterocycles. The molecule has 0 radical (unpaired) electrons. The molecule has 0 aliphatic carbocycles. The van der Waals surface area contributed by atoms with Crippen LogP contribution in [0.25, 0.3) is 49.7 Å². The van der Waals surface area contributed by atoms with Crippen molar-refractivity contribution in [2.45, 2.75) is 0 Å². The summed E-state index contributed by atoms with van der Waals surface area (Å²) < 4.78 is 12.2. The molecule has 0 saturated heterocycles. The Bertz CT molecular complexity index is 1720.